The van der Waals surface area contributed by atoms with Crippen molar-refractivity contribution in [3.8, 4) is 11.4 Å². The van der Waals surface area contributed by atoms with E-state index < -0.39 is 18.1 Å². The minimum Gasteiger partial charge on any atom is -0.468 e. The van der Waals surface area contributed by atoms with Crippen LogP contribution in [0.5, 0.6) is 0 Å². The second-order valence-electron chi connectivity index (χ2n) is 7.03. The maximum absolute atomic E-state index is 14.3. The molecule has 0 radical (unpaired) electrons. The molecular formula is C18H21FN4O3S. The van der Waals surface area contributed by atoms with E-state index in [4.69, 9.17) is 17.0 Å². The third-order valence-electron chi connectivity index (χ3n) is 5.07. The first-order valence-electron chi connectivity index (χ1n) is 8.93. The molecule has 1 aliphatic carbocycles. The Morgan fingerprint density at radius 1 is 1.41 bits per heavy atom. The number of rotatable bonds is 5. The van der Waals surface area contributed by atoms with E-state index in [0.717, 1.165) is 12.8 Å². The molecule has 1 saturated carbocycles. The Morgan fingerprint density at radius 2 is 2.15 bits per heavy atom. The van der Waals surface area contributed by atoms with Crippen LogP contribution in [-0.2, 0) is 16.2 Å². The SMILES string of the molecule is COC(=O)[C@@H]1C[C@H](O)CN1Cn1nc(-c2ccccc2F)n(C2CC2)c1=S. The summed E-state index contributed by atoms with van der Waals surface area (Å²) >= 11 is 5.60. The van der Waals surface area contributed by atoms with Crippen LogP contribution >= 0.6 is 12.2 Å². The molecule has 2 aliphatic rings. The van der Waals surface area contributed by atoms with Crippen LogP contribution in [0.15, 0.2) is 24.3 Å². The predicted molar refractivity (Wildman–Crippen MR) is 97.8 cm³/mol. The summed E-state index contributed by atoms with van der Waals surface area (Å²) in [5.74, 6) is -0.250. The van der Waals surface area contributed by atoms with Crippen LogP contribution in [0.4, 0.5) is 4.39 Å². The number of carbonyl (C=O) groups is 1. The largest absolute Gasteiger partial charge is 0.468 e. The van der Waals surface area contributed by atoms with Gasteiger partial charge in [0, 0.05) is 19.0 Å². The molecule has 1 aromatic heterocycles. The van der Waals surface area contributed by atoms with E-state index in [0.29, 0.717) is 29.1 Å². The van der Waals surface area contributed by atoms with E-state index in [1.807, 2.05) is 4.57 Å². The number of methoxy groups -OCH3 is 1. The highest BCUT2D eigenvalue weighted by Crippen LogP contribution is 2.39. The number of aliphatic hydroxyl groups excluding tert-OH is 1. The summed E-state index contributed by atoms with van der Waals surface area (Å²) < 4.78 is 23.2. The lowest BCUT2D eigenvalue weighted by Gasteiger charge is -2.21. The molecule has 4 rings (SSSR count). The molecule has 0 unspecified atom stereocenters. The molecule has 2 fully saturated rings. The normalized spacial score (nSPS) is 22.9. The summed E-state index contributed by atoms with van der Waals surface area (Å²) in [6.07, 6.45) is 1.66. The highest BCUT2D eigenvalue weighted by molar-refractivity contribution is 7.71. The van der Waals surface area contributed by atoms with Gasteiger partial charge < -0.3 is 9.84 Å². The van der Waals surface area contributed by atoms with E-state index in [1.165, 1.54) is 13.2 Å². The van der Waals surface area contributed by atoms with Crippen molar-refractivity contribution in [3.05, 3.63) is 34.9 Å². The van der Waals surface area contributed by atoms with Crippen LogP contribution in [0, 0.1) is 10.6 Å². The molecule has 7 nitrogen and oxygen atoms in total. The first-order valence-corrected chi connectivity index (χ1v) is 9.34. The van der Waals surface area contributed by atoms with E-state index >= 15 is 0 Å². The Hall–Kier alpha value is -2.10. The van der Waals surface area contributed by atoms with Crippen molar-refractivity contribution in [2.24, 2.45) is 0 Å². The maximum atomic E-state index is 14.3. The molecule has 1 aromatic carbocycles. The Morgan fingerprint density at radius 3 is 2.81 bits per heavy atom. The molecule has 0 bridgehead atoms. The lowest BCUT2D eigenvalue weighted by molar-refractivity contribution is -0.146. The number of likely N-dealkylation sites (tertiary alicyclic amines) is 1. The van der Waals surface area contributed by atoms with Gasteiger partial charge in [-0.05, 0) is 37.2 Å². The fraction of sp³-hybridized carbons (Fsp3) is 0.500. The van der Waals surface area contributed by atoms with Crippen molar-refractivity contribution in [2.45, 2.75) is 44.1 Å². The van der Waals surface area contributed by atoms with Crippen molar-refractivity contribution >= 4 is 18.2 Å². The Bertz CT molecular complexity index is 924. The van der Waals surface area contributed by atoms with Crippen LogP contribution in [-0.4, -0.2) is 56.1 Å². The highest BCUT2D eigenvalue weighted by Gasteiger charge is 2.38. The van der Waals surface area contributed by atoms with Crippen molar-refractivity contribution in [1.29, 1.82) is 0 Å². The smallest absolute Gasteiger partial charge is 0.323 e. The standard InChI is InChI=1S/C18H21FN4O3S/c1-26-17(25)15-8-12(24)9-21(15)10-22-18(27)23(11-6-7-11)16(20-22)13-4-2-3-5-14(13)19/h2-5,11-12,15,24H,6-10H2,1H3/t12-,15-/m0/s1. The van der Waals surface area contributed by atoms with Gasteiger partial charge in [-0.15, -0.1) is 0 Å². The van der Waals surface area contributed by atoms with E-state index in [-0.39, 0.29) is 18.5 Å². The van der Waals surface area contributed by atoms with Crippen LogP contribution in [0.2, 0.25) is 0 Å². The number of nitrogens with zero attached hydrogens (tertiary/aromatic N) is 4. The fourth-order valence-corrected chi connectivity index (χ4v) is 3.92. The first-order chi connectivity index (χ1) is 13.0. The summed E-state index contributed by atoms with van der Waals surface area (Å²) in [6.45, 7) is 0.559. The van der Waals surface area contributed by atoms with Crippen molar-refractivity contribution in [3.63, 3.8) is 0 Å². The molecule has 1 N–H and O–H groups in total. The van der Waals surface area contributed by atoms with Crippen LogP contribution in [0.25, 0.3) is 11.4 Å². The summed E-state index contributed by atoms with van der Waals surface area (Å²) in [7, 11) is 1.33. The van der Waals surface area contributed by atoms with Gasteiger partial charge >= 0.3 is 5.97 Å². The van der Waals surface area contributed by atoms with E-state index in [9.17, 15) is 14.3 Å². The Kier molecular flexibility index (Phi) is 4.83. The molecule has 1 saturated heterocycles. The minimum atomic E-state index is -0.611. The van der Waals surface area contributed by atoms with Crippen molar-refractivity contribution < 1.29 is 19.0 Å². The third kappa shape index (κ3) is 3.42. The molecule has 2 aromatic rings. The van der Waals surface area contributed by atoms with E-state index in [2.05, 4.69) is 5.10 Å². The number of halogens is 1. The van der Waals surface area contributed by atoms with Crippen LogP contribution in [0.3, 0.4) is 0 Å². The average Bonchev–Trinajstić information content (AvgIpc) is 3.35. The molecule has 2 atom stereocenters. The number of aliphatic hydroxyl groups is 1. The molecule has 2 heterocycles. The number of benzene rings is 1. The molecular weight excluding hydrogens is 371 g/mol. The monoisotopic (exact) mass is 392 g/mol. The zero-order valence-electron chi connectivity index (χ0n) is 14.9. The zero-order valence-corrected chi connectivity index (χ0v) is 15.7. The van der Waals surface area contributed by atoms with Gasteiger partial charge in [-0.3, -0.25) is 14.3 Å². The number of ether oxygens (including phenoxy) is 1. The Labute approximate surface area is 161 Å². The van der Waals surface area contributed by atoms with Gasteiger partial charge in [0.25, 0.3) is 0 Å². The molecule has 0 spiro atoms. The lowest BCUT2D eigenvalue weighted by atomic mass is 10.2. The lowest BCUT2D eigenvalue weighted by Crippen LogP contribution is -2.38. The predicted octanol–water partition coefficient (Wildman–Crippen LogP) is 2.12. The van der Waals surface area contributed by atoms with Gasteiger partial charge in [-0.1, -0.05) is 12.1 Å². The zero-order chi connectivity index (χ0) is 19.1. The van der Waals surface area contributed by atoms with Gasteiger partial charge in [-0.2, -0.15) is 5.10 Å². The van der Waals surface area contributed by atoms with Crippen molar-refractivity contribution in [2.75, 3.05) is 13.7 Å². The second kappa shape index (κ2) is 7.14. The van der Waals surface area contributed by atoms with Crippen LogP contribution < -0.4 is 0 Å². The molecule has 1 aliphatic heterocycles. The molecule has 144 valence electrons. The van der Waals surface area contributed by atoms with E-state index in [1.54, 1.807) is 27.8 Å². The summed E-state index contributed by atoms with van der Waals surface area (Å²) in [6, 6.07) is 6.17. The number of carbonyl (C=O) groups excluding carboxylic acids is 1. The highest BCUT2D eigenvalue weighted by atomic mass is 32.1. The molecule has 0 amide bonds. The van der Waals surface area contributed by atoms with Crippen molar-refractivity contribution in [1.82, 2.24) is 19.2 Å². The third-order valence-corrected chi connectivity index (χ3v) is 5.47. The summed E-state index contributed by atoms with van der Waals surface area (Å²) in [5, 5.41) is 14.5. The topological polar surface area (TPSA) is 72.5 Å². The number of β-amino-alcohol motifs (C(OH)–C–C–N with tert-alkyl or cyclic N) is 1. The molecule has 9 heteroatoms. The number of esters is 1. The van der Waals surface area contributed by atoms with Gasteiger partial charge in [0.1, 0.15) is 11.9 Å². The van der Waals surface area contributed by atoms with Gasteiger partial charge in [-0.25, -0.2) is 9.07 Å². The number of aromatic nitrogens is 3. The van der Waals surface area contributed by atoms with Gasteiger partial charge in [0.2, 0.25) is 0 Å². The fourth-order valence-electron chi connectivity index (χ4n) is 3.59. The minimum absolute atomic E-state index is 0.224. The maximum Gasteiger partial charge on any atom is 0.323 e. The summed E-state index contributed by atoms with van der Waals surface area (Å²) in [5.41, 5.74) is 0.403. The number of hydrogen-bond donors (Lipinski definition) is 1. The van der Waals surface area contributed by atoms with Gasteiger partial charge in [0.05, 0.1) is 25.4 Å². The Balaban J connectivity index is 1.70. The average molecular weight is 392 g/mol. The second-order valence-corrected chi connectivity index (χ2v) is 7.39. The van der Waals surface area contributed by atoms with Crippen LogP contribution in [0.1, 0.15) is 25.3 Å². The molecule has 27 heavy (non-hydrogen) atoms. The quantitative estimate of drug-likeness (QED) is 0.621. The first kappa shape index (κ1) is 18.3. The van der Waals surface area contributed by atoms with Gasteiger partial charge in [0.15, 0.2) is 10.6 Å². The number of hydrogen-bond acceptors (Lipinski definition) is 6. The summed E-state index contributed by atoms with van der Waals surface area (Å²) in [4.78, 5) is 13.8.